The smallest absolute Gasteiger partial charge is 0.338 e. The van der Waals surface area contributed by atoms with Crippen LogP contribution in [0.25, 0.3) is 22.3 Å². The average molecular weight is 755 g/mol. The molecule has 5 aromatic carbocycles. The molecule has 0 fully saturated rings. The zero-order valence-corrected chi connectivity index (χ0v) is 30.8. The molecule has 5 aromatic rings. The van der Waals surface area contributed by atoms with E-state index in [-0.39, 0.29) is 19.8 Å². The maximum Gasteiger partial charge on any atom is 0.338 e. The minimum atomic E-state index is -0.837. The van der Waals surface area contributed by atoms with Crippen molar-refractivity contribution in [3.05, 3.63) is 169 Å². The summed E-state index contributed by atoms with van der Waals surface area (Å²) in [5.74, 6) is -0.661. The summed E-state index contributed by atoms with van der Waals surface area (Å²) in [5.41, 5.74) is 5.04. The van der Waals surface area contributed by atoms with E-state index in [1.54, 1.807) is 24.3 Å². The molecule has 0 aromatic heterocycles. The highest BCUT2D eigenvalue weighted by Crippen LogP contribution is 2.26. The van der Waals surface area contributed by atoms with Crippen molar-refractivity contribution in [3.63, 3.8) is 0 Å². The van der Waals surface area contributed by atoms with Gasteiger partial charge in [-0.3, -0.25) is 0 Å². The van der Waals surface area contributed by atoms with Gasteiger partial charge in [0.25, 0.3) is 0 Å². The van der Waals surface area contributed by atoms with Crippen LogP contribution < -0.4 is 9.47 Å². The summed E-state index contributed by atoms with van der Waals surface area (Å²) in [6.45, 7) is 7.84. The molecule has 10 nitrogen and oxygen atoms in total. The van der Waals surface area contributed by atoms with Crippen molar-refractivity contribution < 1.29 is 47.6 Å². The lowest BCUT2D eigenvalue weighted by atomic mass is 10.0. The second-order valence-corrected chi connectivity index (χ2v) is 12.3. The third kappa shape index (κ3) is 12.3. The topological polar surface area (TPSA) is 124 Å². The Hall–Kier alpha value is -6.94. The molecule has 0 aliphatic carbocycles. The van der Waals surface area contributed by atoms with Crippen LogP contribution in [0.2, 0.25) is 0 Å². The molecule has 0 radical (unpaired) electrons. The molecule has 5 rings (SSSR count). The molecule has 0 saturated heterocycles. The molecule has 0 saturated carbocycles. The Morgan fingerprint density at radius 3 is 1.32 bits per heavy atom. The summed E-state index contributed by atoms with van der Waals surface area (Å²) in [6.07, 6.45) is 2.52. The van der Waals surface area contributed by atoms with E-state index >= 15 is 0 Å². The van der Waals surface area contributed by atoms with E-state index < -0.39 is 30.0 Å². The third-order valence-electron chi connectivity index (χ3n) is 8.34. The monoisotopic (exact) mass is 754 g/mol. The van der Waals surface area contributed by atoms with E-state index in [2.05, 4.69) is 13.2 Å². The standard InChI is InChI=1S/C46H42O10/c1-3-43(47)53-30-8-28-51-40-24-20-35(21-25-40)33-12-16-38(17-13-33)45(49)55-32-42(37-10-6-5-7-11-37)56-46(50)39-18-14-34(15-19-39)36-22-26-41(27-23-36)52-29-9-31-54-44(48)4-2/h3-7,10-27,42H,1-2,8-9,28-32H2. The van der Waals surface area contributed by atoms with E-state index in [9.17, 15) is 19.2 Å². The highest BCUT2D eigenvalue weighted by atomic mass is 16.6. The van der Waals surface area contributed by atoms with E-state index in [0.29, 0.717) is 54.2 Å². The van der Waals surface area contributed by atoms with Crippen molar-refractivity contribution in [2.75, 3.05) is 33.0 Å². The number of hydrogen-bond donors (Lipinski definition) is 0. The molecular formula is C46H42O10. The van der Waals surface area contributed by atoms with E-state index in [0.717, 1.165) is 34.4 Å². The largest absolute Gasteiger partial charge is 0.493 e. The number of esters is 4. The van der Waals surface area contributed by atoms with Crippen LogP contribution in [0.3, 0.4) is 0 Å². The van der Waals surface area contributed by atoms with Gasteiger partial charge in [0, 0.05) is 25.0 Å². The van der Waals surface area contributed by atoms with Gasteiger partial charge in [-0.25, -0.2) is 19.2 Å². The molecular weight excluding hydrogens is 712 g/mol. The fourth-order valence-electron chi connectivity index (χ4n) is 5.34. The molecule has 1 unspecified atom stereocenters. The Labute approximate surface area is 325 Å². The van der Waals surface area contributed by atoms with Crippen molar-refractivity contribution in [3.8, 4) is 33.8 Å². The molecule has 0 amide bonds. The number of rotatable bonds is 20. The first-order chi connectivity index (χ1) is 27.3. The summed E-state index contributed by atoms with van der Waals surface area (Å²) in [7, 11) is 0. The average Bonchev–Trinajstić information content (AvgIpc) is 3.25. The summed E-state index contributed by atoms with van der Waals surface area (Å²) in [6, 6.07) is 38.3. The fraction of sp³-hybridized carbons (Fsp3) is 0.174. The lowest BCUT2D eigenvalue weighted by Crippen LogP contribution is -2.19. The minimum Gasteiger partial charge on any atom is -0.493 e. The second kappa shape index (κ2) is 21.1. The zero-order valence-electron chi connectivity index (χ0n) is 30.8. The van der Waals surface area contributed by atoms with Crippen LogP contribution in [0.4, 0.5) is 0 Å². The first-order valence-electron chi connectivity index (χ1n) is 18.0. The molecule has 286 valence electrons. The van der Waals surface area contributed by atoms with Gasteiger partial charge in [-0.15, -0.1) is 0 Å². The van der Waals surface area contributed by atoms with Gasteiger partial charge in [0.05, 0.1) is 37.6 Å². The van der Waals surface area contributed by atoms with Gasteiger partial charge in [0.2, 0.25) is 0 Å². The predicted molar refractivity (Wildman–Crippen MR) is 211 cm³/mol. The maximum atomic E-state index is 13.3. The van der Waals surface area contributed by atoms with Crippen molar-refractivity contribution in [2.45, 2.75) is 18.9 Å². The van der Waals surface area contributed by atoms with E-state index in [1.807, 2.05) is 103 Å². The second-order valence-electron chi connectivity index (χ2n) is 12.3. The molecule has 0 aliphatic heterocycles. The van der Waals surface area contributed by atoms with Crippen LogP contribution in [0.15, 0.2) is 153 Å². The minimum absolute atomic E-state index is 0.180. The Bertz CT molecular complexity index is 2050. The van der Waals surface area contributed by atoms with E-state index in [4.69, 9.17) is 28.4 Å². The first-order valence-corrected chi connectivity index (χ1v) is 18.0. The molecule has 0 heterocycles. The molecule has 1 atom stereocenters. The highest BCUT2D eigenvalue weighted by molar-refractivity contribution is 5.91. The molecule has 10 heteroatoms. The number of carbonyl (C=O) groups excluding carboxylic acids is 4. The predicted octanol–water partition coefficient (Wildman–Crippen LogP) is 8.77. The van der Waals surface area contributed by atoms with Crippen molar-refractivity contribution in [2.24, 2.45) is 0 Å². The van der Waals surface area contributed by atoms with Gasteiger partial charge in [-0.2, -0.15) is 0 Å². The van der Waals surface area contributed by atoms with Gasteiger partial charge >= 0.3 is 23.9 Å². The van der Waals surface area contributed by atoms with Crippen LogP contribution in [0.1, 0.15) is 45.2 Å². The Balaban J connectivity index is 1.12. The summed E-state index contributed by atoms with van der Waals surface area (Å²) in [4.78, 5) is 48.6. The number of ether oxygens (including phenoxy) is 6. The Kier molecular flexibility index (Phi) is 15.1. The van der Waals surface area contributed by atoms with Gasteiger partial charge < -0.3 is 28.4 Å². The van der Waals surface area contributed by atoms with Crippen LogP contribution in [0, 0.1) is 0 Å². The lowest BCUT2D eigenvalue weighted by molar-refractivity contribution is -0.138. The Morgan fingerprint density at radius 1 is 0.482 bits per heavy atom. The maximum absolute atomic E-state index is 13.3. The summed E-state index contributed by atoms with van der Waals surface area (Å²) >= 11 is 0. The SMILES string of the molecule is C=CC(=O)OCCCOc1ccc(-c2ccc(C(=O)OCC(OC(=O)c3ccc(-c4ccc(OCCCOC(=O)C=C)cc4)cc3)c3ccccc3)cc2)cc1. The molecule has 0 spiro atoms. The van der Waals surface area contributed by atoms with Crippen LogP contribution >= 0.6 is 0 Å². The zero-order chi connectivity index (χ0) is 39.5. The molecule has 0 aliphatic rings. The van der Waals surface area contributed by atoms with Crippen molar-refractivity contribution in [1.29, 1.82) is 0 Å². The fourth-order valence-corrected chi connectivity index (χ4v) is 5.34. The van der Waals surface area contributed by atoms with Gasteiger partial charge in [0.15, 0.2) is 6.10 Å². The normalized spacial score (nSPS) is 11.0. The number of hydrogen-bond acceptors (Lipinski definition) is 10. The third-order valence-corrected chi connectivity index (χ3v) is 8.34. The van der Waals surface area contributed by atoms with Gasteiger partial charge in [-0.05, 0) is 76.3 Å². The van der Waals surface area contributed by atoms with Gasteiger partial charge in [0.1, 0.15) is 18.1 Å². The van der Waals surface area contributed by atoms with E-state index in [1.165, 1.54) is 0 Å². The van der Waals surface area contributed by atoms with Crippen LogP contribution in [-0.4, -0.2) is 56.9 Å². The van der Waals surface area contributed by atoms with Crippen LogP contribution in [0.5, 0.6) is 11.5 Å². The van der Waals surface area contributed by atoms with Crippen LogP contribution in [-0.2, 0) is 28.5 Å². The number of benzene rings is 5. The van der Waals surface area contributed by atoms with Crippen molar-refractivity contribution in [1.82, 2.24) is 0 Å². The molecule has 0 N–H and O–H groups in total. The lowest BCUT2D eigenvalue weighted by Gasteiger charge is -2.19. The van der Waals surface area contributed by atoms with Crippen molar-refractivity contribution >= 4 is 23.9 Å². The highest BCUT2D eigenvalue weighted by Gasteiger charge is 2.21. The molecule has 56 heavy (non-hydrogen) atoms. The number of carbonyl (C=O) groups is 4. The van der Waals surface area contributed by atoms with Gasteiger partial charge in [-0.1, -0.05) is 92.0 Å². The quantitative estimate of drug-likeness (QED) is 0.0330. The first kappa shape index (κ1) is 40.2. The summed E-state index contributed by atoms with van der Waals surface area (Å²) < 4.78 is 32.9. The Morgan fingerprint density at radius 2 is 0.893 bits per heavy atom. The molecule has 0 bridgehead atoms. The summed E-state index contributed by atoms with van der Waals surface area (Å²) in [5, 5.41) is 0.